The minimum absolute atomic E-state index is 0.0368. The summed E-state index contributed by atoms with van der Waals surface area (Å²) in [7, 11) is 0. The highest BCUT2D eigenvalue weighted by atomic mass is 19.1. The Balaban J connectivity index is 1.92. The van der Waals surface area contributed by atoms with Gasteiger partial charge in [-0.05, 0) is 25.8 Å². The highest BCUT2D eigenvalue weighted by Gasteiger charge is 2.22. The van der Waals surface area contributed by atoms with Crippen LogP contribution in [-0.4, -0.2) is 28.0 Å². The zero-order valence-corrected chi connectivity index (χ0v) is 17.8. The second kappa shape index (κ2) is 10.1. The van der Waals surface area contributed by atoms with Gasteiger partial charge in [0.2, 0.25) is 0 Å². The molecule has 1 aromatic heterocycles. The number of anilines is 1. The summed E-state index contributed by atoms with van der Waals surface area (Å²) in [5, 5.41) is 8.62. The summed E-state index contributed by atoms with van der Waals surface area (Å²) in [4.78, 5) is 35.8. The van der Waals surface area contributed by atoms with Crippen LogP contribution in [0.25, 0.3) is 5.69 Å². The third kappa shape index (κ3) is 5.43. The van der Waals surface area contributed by atoms with E-state index in [1.54, 1.807) is 24.3 Å². The van der Waals surface area contributed by atoms with Gasteiger partial charge < -0.3 is 15.6 Å². The number of aryl methyl sites for hydroxylation is 1. The number of aromatic nitrogens is 1. The molecule has 0 fully saturated rings. The molecule has 0 saturated carbocycles. The van der Waals surface area contributed by atoms with E-state index in [0.717, 1.165) is 23.8 Å². The molecule has 3 aromatic rings. The molecule has 3 N–H and O–H groups in total. The van der Waals surface area contributed by atoms with Crippen LogP contribution in [-0.2, 0) is 4.79 Å². The average Bonchev–Trinajstić information content (AvgIpc) is 2.75. The maximum atomic E-state index is 14.8. The molecule has 9 heteroatoms. The Bertz CT molecular complexity index is 1230. The molecule has 33 heavy (non-hydrogen) atoms. The van der Waals surface area contributed by atoms with E-state index in [9.17, 15) is 23.2 Å². The number of nitrogen functional groups attached to an aromatic ring is 1. The van der Waals surface area contributed by atoms with Crippen LogP contribution < -0.4 is 16.0 Å². The molecule has 0 aliphatic heterocycles. The van der Waals surface area contributed by atoms with E-state index in [1.165, 1.54) is 6.07 Å². The Morgan fingerprint density at radius 1 is 1.03 bits per heavy atom. The first-order valence-corrected chi connectivity index (χ1v) is 10.2. The molecule has 0 amide bonds. The number of carboxylic acids is 1. The molecular weight excluding hydrogens is 434 g/mol. The Hall–Kier alpha value is -4.01. The number of carbonyl (C=O) groups excluding carboxylic acids is 1. The molecule has 0 aliphatic rings. The van der Waals surface area contributed by atoms with Crippen molar-refractivity contribution in [1.82, 2.24) is 4.57 Å². The summed E-state index contributed by atoms with van der Waals surface area (Å²) >= 11 is 0. The number of hydrogen-bond donors (Lipinski definition) is 2. The van der Waals surface area contributed by atoms with E-state index in [1.807, 2.05) is 6.92 Å². The lowest BCUT2D eigenvalue weighted by atomic mass is 10.0. The zero-order valence-electron chi connectivity index (χ0n) is 17.8. The number of rotatable bonds is 9. The van der Waals surface area contributed by atoms with Gasteiger partial charge in [-0.2, -0.15) is 0 Å². The van der Waals surface area contributed by atoms with Crippen molar-refractivity contribution in [3.05, 3.63) is 87.2 Å². The van der Waals surface area contributed by atoms with Crippen molar-refractivity contribution < 1.29 is 28.2 Å². The third-order valence-electron chi connectivity index (χ3n) is 4.96. The van der Waals surface area contributed by atoms with Crippen LogP contribution in [0, 0.1) is 18.6 Å². The number of ketones is 1. The predicted octanol–water partition coefficient (Wildman–Crippen LogP) is 3.87. The van der Waals surface area contributed by atoms with Gasteiger partial charge in [0.05, 0.1) is 12.2 Å². The van der Waals surface area contributed by atoms with E-state index in [2.05, 4.69) is 0 Å². The molecule has 0 bridgehead atoms. The number of nitrogens with zero attached hydrogens (tertiary/aromatic N) is 1. The predicted molar refractivity (Wildman–Crippen MR) is 118 cm³/mol. The lowest BCUT2D eigenvalue weighted by molar-refractivity contribution is -0.137. The fourth-order valence-electron chi connectivity index (χ4n) is 3.24. The summed E-state index contributed by atoms with van der Waals surface area (Å²) in [5.74, 6) is -4.17. The number of unbranched alkanes of at least 4 members (excludes halogenated alkanes) is 1. The quantitative estimate of drug-likeness (QED) is 0.374. The average molecular weight is 456 g/mol. The molecule has 2 aromatic carbocycles. The van der Waals surface area contributed by atoms with Gasteiger partial charge in [0.15, 0.2) is 17.4 Å². The second-order valence-electron chi connectivity index (χ2n) is 7.44. The summed E-state index contributed by atoms with van der Waals surface area (Å²) in [5.41, 5.74) is 5.67. The van der Waals surface area contributed by atoms with Crippen molar-refractivity contribution in [3.8, 4) is 11.4 Å². The van der Waals surface area contributed by atoms with Crippen molar-refractivity contribution in [2.45, 2.75) is 26.2 Å². The number of pyridine rings is 1. The van der Waals surface area contributed by atoms with E-state index < -0.39 is 40.5 Å². The van der Waals surface area contributed by atoms with Crippen molar-refractivity contribution in [2.24, 2.45) is 0 Å². The minimum Gasteiger partial charge on any atom is -0.493 e. The molecule has 0 saturated heterocycles. The first-order chi connectivity index (χ1) is 15.7. The summed E-state index contributed by atoms with van der Waals surface area (Å²) in [6.45, 7) is 1.92. The fourth-order valence-corrected chi connectivity index (χ4v) is 3.24. The third-order valence-corrected chi connectivity index (χ3v) is 4.96. The first-order valence-electron chi connectivity index (χ1n) is 10.2. The zero-order chi connectivity index (χ0) is 24.1. The smallest absolute Gasteiger partial charge is 0.303 e. The van der Waals surface area contributed by atoms with Crippen LogP contribution in [0.2, 0.25) is 0 Å². The van der Waals surface area contributed by atoms with Gasteiger partial charge in [0, 0.05) is 30.2 Å². The number of benzene rings is 2. The molecular formula is C24H22F2N2O5. The Kier molecular flexibility index (Phi) is 7.22. The molecule has 0 aliphatic carbocycles. The van der Waals surface area contributed by atoms with Crippen LogP contribution in [0.15, 0.2) is 53.3 Å². The van der Waals surface area contributed by atoms with Gasteiger partial charge in [-0.3, -0.25) is 19.0 Å². The van der Waals surface area contributed by atoms with Crippen LogP contribution in [0.5, 0.6) is 5.75 Å². The van der Waals surface area contributed by atoms with Crippen molar-refractivity contribution >= 4 is 17.6 Å². The van der Waals surface area contributed by atoms with Gasteiger partial charge in [-0.1, -0.05) is 29.8 Å². The number of nitrogens with two attached hydrogens (primary N) is 1. The largest absolute Gasteiger partial charge is 0.493 e. The summed E-state index contributed by atoms with van der Waals surface area (Å²) < 4.78 is 35.6. The lowest BCUT2D eigenvalue weighted by Crippen LogP contribution is -2.25. The highest BCUT2D eigenvalue weighted by Crippen LogP contribution is 2.27. The number of carboxylic acid groups (broad SMARTS) is 1. The van der Waals surface area contributed by atoms with Crippen LogP contribution in [0.4, 0.5) is 14.6 Å². The Morgan fingerprint density at radius 3 is 2.27 bits per heavy atom. The number of aliphatic carboxylic acids is 1. The fraction of sp³-hybridized carbons (Fsp3) is 0.208. The van der Waals surface area contributed by atoms with Crippen LogP contribution in [0.3, 0.4) is 0 Å². The van der Waals surface area contributed by atoms with Gasteiger partial charge in [0.1, 0.15) is 17.3 Å². The lowest BCUT2D eigenvalue weighted by Gasteiger charge is -2.15. The highest BCUT2D eigenvalue weighted by molar-refractivity contribution is 6.11. The van der Waals surface area contributed by atoms with Crippen molar-refractivity contribution in [1.29, 1.82) is 0 Å². The molecule has 172 valence electrons. The standard InChI is InChI=1S/C24H22F2N2O5/c1-14-5-7-15(8-6-14)23(32)17-9-10-20(29)28(24(17)27)22-18(25)12-16(13-19(22)26)33-11-3-2-4-21(30)31/h5-10,12-13H,2-4,11,27H2,1H3,(H,30,31). The number of ether oxygens (including phenoxy) is 1. The maximum Gasteiger partial charge on any atom is 0.303 e. The van der Waals surface area contributed by atoms with E-state index in [4.69, 9.17) is 15.6 Å². The topological polar surface area (TPSA) is 112 Å². The Morgan fingerprint density at radius 2 is 1.67 bits per heavy atom. The van der Waals surface area contributed by atoms with Gasteiger partial charge >= 0.3 is 5.97 Å². The molecule has 0 radical (unpaired) electrons. The van der Waals surface area contributed by atoms with Crippen molar-refractivity contribution in [3.63, 3.8) is 0 Å². The van der Waals surface area contributed by atoms with E-state index in [-0.39, 0.29) is 24.3 Å². The molecule has 1 heterocycles. The molecule has 7 nitrogen and oxygen atoms in total. The molecule has 0 atom stereocenters. The molecule has 0 unspecified atom stereocenters. The Labute approximate surface area is 188 Å². The van der Waals surface area contributed by atoms with E-state index in [0.29, 0.717) is 23.0 Å². The van der Waals surface area contributed by atoms with Crippen LogP contribution >= 0.6 is 0 Å². The molecule has 3 rings (SSSR count). The number of halogens is 2. The first kappa shape index (κ1) is 23.6. The molecule has 0 spiro atoms. The maximum absolute atomic E-state index is 14.8. The second-order valence-corrected chi connectivity index (χ2v) is 7.44. The normalized spacial score (nSPS) is 10.8. The monoisotopic (exact) mass is 456 g/mol. The SMILES string of the molecule is Cc1ccc(C(=O)c2ccc(=O)n(-c3c(F)cc(OCCCCC(=O)O)cc3F)c2N)cc1. The van der Waals surface area contributed by atoms with E-state index >= 15 is 0 Å². The summed E-state index contributed by atoms with van der Waals surface area (Å²) in [6, 6.07) is 10.7. The van der Waals surface area contributed by atoms with Crippen molar-refractivity contribution in [2.75, 3.05) is 12.3 Å². The number of carbonyl (C=O) groups is 2. The van der Waals surface area contributed by atoms with Crippen LogP contribution in [0.1, 0.15) is 40.7 Å². The summed E-state index contributed by atoms with van der Waals surface area (Å²) in [6.07, 6.45) is 0.698. The van der Waals surface area contributed by atoms with Gasteiger partial charge in [-0.25, -0.2) is 8.78 Å². The van der Waals surface area contributed by atoms with Gasteiger partial charge in [-0.15, -0.1) is 0 Å². The van der Waals surface area contributed by atoms with Gasteiger partial charge in [0.25, 0.3) is 5.56 Å². The minimum atomic E-state index is -1.11. The number of hydrogen-bond acceptors (Lipinski definition) is 5.